The third kappa shape index (κ3) is 12.2. The Labute approximate surface area is 223 Å². The average molecular weight is 530 g/mol. The minimum absolute atomic E-state index is 0.0783. The topological polar surface area (TPSA) is 175 Å². The molecule has 0 bridgehead atoms. The molecular formula is C27H39N5O6. The highest BCUT2D eigenvalue weighted by Gasteiger charge is 2.30. The minimum atomic E-state index is -0.937. The molecule has 0 saturated heterocycles. The quantitative estimate of drug-likeness (QED) is 0.0720. The number of aliphatic imine (C=N–C) groups is 1. The number of nitrogens with zero attached hydrogens (tertiary/aromatic N) is 1. The van der Waals surface area contributed by atoms with E-state index >= 15 is 0 Å². The lowest BCUT2D eigenvalue weighted by Gasteiger charge is -2.23. The highest BCUT2D eigenvalue weighted by molar-refractivity contribution is 5.93. The van der Waals surface area contributed by atoms with Gasteiger partial charge in [0.25, 0.3) is 0 Å². The summed E-state index contributed by atoms with van der Waals surface area (Å²) in [6, 6.07) is 5.34. The van der Waals surface area contributed by atoms with Gasteiger partial charge in [0.05, 0.1) is 13.2 Å². The molecule has 0 aliphatic carbocycles. The zero-order valence-electron chi connectivity index (χ0n) is 22.1. The van der Waals surface area contributed by atoms with Crippen molar-refractivity contribution < 1.29 is 28.7 Å². The van der Waals surface area contributed by atoms with Crippen LogP contribution in [0.4, 0.5) is 0 Å². The van der Waals surface area contributed by atoms with Crippen LogP contribution in [0, 0.1) is 5.92 Å². The second-order valence-corrected chi connectivity index (χ2v) is 8.63. The molecule has 0 radical (unpaired) electrons. The fourth-order valence-electron chi connectivity index (χ4n) is 3.67. The second kappa shape index (κ2) is 17.3. The smallest absolute Gasteiger partial charge is 0.328 e. The monoisotopic (exact) mass is 529 g/mol. The number of nitrogens with two attached hydrogens (primary N) is 2. The third-order valence-corrected chi connectivity index (χ3v) is 5.53. The van der Waals surface area contributed by atoms with Crippen LogP contribution in [-0.2, 0) is 30.3 Å². The molecule has 208 valence electrons. The number of hydrogen-bond donors (Lipinski definition) is 4. The molecule has 1 aromatic rings. The van der Waals surface area contributed by atoms with Crippen LogP contribution < -0.4 is 26.8 Å². The molecule has 0 fully saturated rings. The molecule has 0 aromatic heterocycles. The third-order valence-electron chi connectivity index (χ3n) is 5.53. The Morgan fingerprint density at radius 3 is 2.29 bits per heavy atom. The average Bonchev–Trinajstić information content (AvgIpc) is 2.88. The SMILES string of the molecule is C=CCOc1ccc(C[C@H](NC(C)=O)C(=O)C[C@@H](CCCN=C(N)N)C(=O)N[C@@H](CC=C)C(=O)OC)cc1. The number of hydrogen-bond acceptors (Lipinski definition) is 7. The lowest BCUT2D eigenvalue weighted by molar-refractivity contribution is -0.145. The molecule has 0 saturated carbocycles. The summed E-state index contributed by atoms with van der Waals surface area (Å²) in [5.74, 6) is -2.04. The van der Waals surface area contributed by atoms with Gasteiger partial charge in [0.1, 0.15) is 18.4 Å². The molecule has 0 heterocycles. The molecule has 2 amide bonds. The molecule has 38 heavy (non-hydrogen) atoms. The van der Waals surface area contributed by atoms with Crippen LogP contribution in [-0.4, -0.2) is 61.9 Å². The molecule has 1 aromatic carbocycles. The van der Waals surface area contributed by atoms with Crippen molar-refractivity contribution in [2.45, 2.75) is 51.1 Å². The van der Waals surface area contributed by atoms with E-state index in [-0.39, 0.29) is 49.9 Å². The number of guanidine groups is 1. The van der Waals surface area contributed by atoms with Crippen LogP contribution in [0.15, 0.2) is 54.6 Å². The summed E-state index contributed by atoms with van der Waals surface area (Å²) >= 11 is 0. The van der Waals surface area contributed by atoms with Gasteiger partial charge in [0, 0.05) is 25.8 Å². The van der Waals surface area contributed by atoms with E-state index in [2.05, 4.69) is 28.8 Å². The molecule has 11 nitrogen and oxygen atoms in total. The number of benzene rings is 1. The van der Waals surface area contributed by atoms with E-state index in [9.17, 15) is 19.2 Å². The summed E-state index contributed by atoms with van der Waals surface area (Å²) < 4.78 is 10.2. The van der Waals surface area contributed by atoms with Crippen molar-refractivity contribution in [2.24, 2.45) is 22.4 Å². The Morgan fingerprint density at radius 2 is 1.74 bits per heavy atom. The number of ketones is 1. The molecule has 0 aliphatic heterocycles. The fourth-order valence-corrected chi connectivity index (χ4v) is 3.67. The normalized spacial score (nSPS) is 12.7. The molecule has 0 spiro atoms. The number of ether oxygens (including phenoxy) is 2. The van der Waals surface area contributed by atoms with Crippen molar-refractivity contribution >= 4 is 29.5 Å². The first kappa shape index (κ1) is 31.9. The summed E-state index contributed by atoms with van der Waals surface area (Å²) in [7, 11) is 1.22. The largest absolute Gasteiger partial charge is 0.490 e. The van der Waals surface area contributed by atoms with Gasteiger partial charge >= 0.3 is 5.97 Å². The van der Waals surface area contributed by atoms with E-state index < -0.39 is 29.9 Å². The van der Waals surface area contributed by atoms with Gasteiger partial charge in [-0.2, -0.15) is 0 Å². The summed E-state index contributed by atoms with van der Waals surface area (Å²) in [6.45, 7) is 9.16. The fraction of sp³-hybridized carbons (Fsp3) is 0.444. The van der Waals surface area contributed by atoms with Gasteiger partial charge in [-0.1, -0.05) is 30.9 Å². The van der Waals surface area contributed by atoms with Crippen LogP contribution in [0.25, 0.3) is 0 Å². The maximum Gasteiger partial charge on any atom is 0.328 e. The van der Waals surface area contributed by atoms with Crippen molar-refractivity contribution in [1.29, 1.82) is 0 Å². The molecule has 0 aliphatic rings. The van der Waals surface area contributed by atoms with Gasteiger partial charge in [-0.3, -0.25) is 19.4 Å². The summed E-state index contributed by atoms with van der Waals surface area (Å²) in [5, 5.41) is 5.33. The van der Waals surface area contributed by atoms with Crippen molar-refractivity contribution in [1.82, 2.24) is 10.6 Å². The summed E-state index contributed by atoms with van der Waals surface area (Å²) in [5.41, 5.74) is 11.5. The molecular weight excluding hydrogens is 490 g/mol. The van der Waals surface area contributed by atoms with Crippen molar-refractivity contribution in [3.63, 3.8) is 0 Å². The minimum Gasteiger partial charge on any atom is -0.490 e. The van der Waals surface area contributed by atoms with E-state index in [1.54, 1.807) is 30.3 Å². The lowest BCUT2D eigenvalue weighted by Crippen LogP contribution is -2.46. The summed E-state index contributed by atoms with van der Waals surface area (Å²) in [6.07, 6.45) is 4.04. The van der Waals surface area contributed by atoms with Crippen molar-refractivity contribution in [2.75, 3.05) is 20.3 Å². The van der Waals surface area contributed by atoms with Crippen LogP contribution in [0.2, 0.25) is 0 Å². The standard InChI is InChI=1S/C27H39N5O6/c1-5-8-22(26(36)37-4)32-25(35)20(9-7-14-30-27(28)29)17-24(34)23(31-18(3)33)16-19-10-12-21(13-11-19)38-15-6-2/h5-6,10-13,20,22-23H,1-2,7-9,14-17H2,3-4H3,(H,31,33)(H,32,35)(H4,28,29,30)/t20-,22+,23+/m1/s1. The van der Waals surface area contributed by atoms with Crippen molar-refractivity contribution in [3.8, 4) is 5.75 Å². The number of rotatable bonds is 18. The van der Waals surface area contributed by atoms with E-state index in [0.717, 1.165) is 5.56 Å². The first-order chi connectivity index (χ1) is 18.1. The highest BCUT2D eigenvalue weighted by Crippen LogP contribution is 2.18. The maximum atomic E-state index is 13.3. The van der Waals surface area contributed by atoms with E-state index in [4.69, 9.17) is 20.9 Å². The maximum absolute atomic E-state index is 13.3. The van der Waals surface area contributed by atoms with Gasteiger partial charge < -0.3 is 31.6 Å². The van der Waals surface area contributed by atoms with Gasteiger partial charge in [0.2, 0.25) is 11.8 Å². The molecule has 3 atom stereocenters. The Balaban J connectivity index is 3.06. The number of methoxy groups -OCH3 is 1. The Morgan fingerprint density at radius 1 is 1.05 bits per heavy atom. The Kier molecular flexibility index (Phi) is 14.5. The predicted octanol–water partition coefficient (Wildman–Crippen LogP) is 1.16. The van der Waals surface area contributed by atoms with Gasteiger partial charge in [-0.25, -0.2) is 4.79 Å². The number of esters is 1. The summed E-state index contributed by atoms with van der Waals surface area (Å²) in [4.78, 5) is 54.3. The van der Waals surface area contributed by atoms with Crippen LogP contribution >= 0.6 is 0 Å². The van der Waals surface area contributed by atoms with Gasteiger partial charge in [-0.05, 0) is 43.4 Å². The Hall–Kier alpha value is -4.15. The van der Waals surface area contributed by atoms with Crippen LogP contribution in [0.3, 0.4) is 0 Å². The van der Waals surface area contributed by atoms with E-state index in [1.807, 2.05) is 0 Å². The second-order valence-electron chi connectivity index (χ2n) is 8.63. The number of carbonyl (C=O) groups excluding carboxylic acids is 4. The first-order valence-corrected chi connectivity index (χ1v) is 12.3. The van der Waals surface area contributed by atoms with Crippen LogP contribution in [0.1, 0.15) is 38.2 Å². The zero-order valence-corrected chi connectivity index (χ0v) is 22.1. The number of carbonyl (C=O) groups is 4. The first-order valence-electron chi connectivity index (χ1n) is 12.3. The van der Waals surface area contributed by atoms with Gasteiger partial charge in [-0.15, -0.1) is 6.58 Å². The molecule has 0 unspecified atom stereocenters. The number of Topliss-reactive ketones (excluding diaryl/α,β-unsaturated/α-hetero) is 1. The van der Waals surface area contributed by atoms with Crippen LogP contribution in [0.5, 0.6) is 5.75 Å². The van der Waals surface area contributed by atoms with E-state index in [1.165, 1.54) is 20.1 Å². The number of amides is 2. The number of nitrogens with one attached hydrogen (secondary N) is 2. The Bertz CT molecular complexity index is 988. The van der Waals surface area contributed by atoms with E-state index in [0.29, 0.717) is 18.8 Å². The van der Waals surface area contributed by atoms with Crippen molar-refractivity contribution in [3.05, 3.63) is 55.1 Å². The van der Waals surface area contributed by atoms with Gasteiger partial charge in [0.15, 0.2) is 11.7 Å². The lowest BCUT2D eigenvalue weighted by atomic mass is 9.90. The molecule has 1 rings (SSSR count). The molecule has 11 heteroatoms. The predicted molar refractivity (Wildman–Crippen MR) is 145 cm³/mol. The molecule has 6 N–H and O–H groups in total. The highest BCUT2D eigenvalue weighted by atomic mass is 16.5. The zero-order chi connectivity index (χ0) is 28.5.